The maximum Gasteiger partial charge on any atom is 0.331 e. The lowest BCUT2D eigenvalue weighted by molar-refractivity contribution is 0.472. The van der Waals surface area contributed by atoms with Crippen LogP contribution in [0.25, 0.3) is 21.8 Å². The van der Waals surface area contributed by atoms with E-state index >= 15 is 0 Å². The highest BCUT2D eigenvalue weighted by molar-refractivity contribution is 5.78. The van der Waals surface area contributed by atoms with Crippen LogP contribution >= 0.6 is 0 Å². The van der Waals surface area contributed by atoms with Crippen LogP contribution in [0.5, 0.6) is 0 Å². The summed E-state index contributed by atoms with van der Waals surface area (Å²) >= 11 is 0. The van der Waals surface area contributed by atoms with E-state index in [1.807, 2.05) is 36.4 Å². The Kier molecular flexibility index (Phi) is 7.02. The lowest BCUT2D eigenvalue weighted by Crippen LogP contribution is -2.40. The third kappa shape index (κ3) is 4.47. The number of hydrogen-bond donors (Lipinski definition) is 0. The summed E-state index contributed by atoms with van der Waals surface area (Å²) in [5.74, 6) is 0. The first kappa shape index (κ1) is 24.0. The minimum atomic E-state index is -0.237. The number of benzene rings is 2. The van der Waals surface area contributed by atoms with E-state index in [2.05, 4.69) is 0 Å². The number of aryl methyl sites for hydroxylation is 2. The molecule has 0 radical (unpaired) electrons. The molecule has 0 saturated heterocycles. The van der Waals surface area contributed by atoms with Gasteiger partial charge < -0.3 is 0 Å². The van der Waals surface area contributed by atoms with E-state index in [1.165, 1.54) is 9.13 Å². The van der Waals surface area contributed by atoms with Crippen molar-refractivity contribution in [1.29, 1.82) is 0 Å². The molecule has 1 aliphatic heterocycles. The normalized spacial score (nSPS) is 16.0. The monoisotopic (exact) mass is 488 g/mol. The summed E-state index contributed by atoms with van der Waals surface area (Å²) in [4.78, 5) is 52.6. The zero-order chi connectivity index (χ0) is 25.1. The summed E-state index contributed by atoms with van der Waals surface area (Å²) in [5.41, 5.74) is 0.449. The average Bonchev–Trinajstić information content (AvgIpc) is 2.89. The smallest absolute Gasteiger partial charge is 0.293 e. The first-order valence-electron chi connectivity index (χ1n) is 13.0. The van der Waals surface area contributed by atoms with Crippen LogP contribution in [0.2, 0.25) is 0 Å². The Morgan fingerprint density at radius 1 is 0.417 bits per heavy atom. The fraction of sp³-hybridized carbons (Fsp3) is 0.429. The van der Waals surface area contributed by atoms with Crippen molar-refractivity contribution in [2.45, 2.75) is 77.5 Å². The largest absolute Gasteiger partial charge is 0.331 e. The highest BCUT2D eigenvalue weighted by Crippen LogP contribution is 2.13. The molecule has 2 aromatic carbocycles. The lowest BCUT2D eigenvalue weighted by atomic mass is 10.1. The summed E-state index contributed by atoms with van der Waals surface area (Å²) < 4.78 is 6.23. The van der Waals surface area contributed by atoms with Crippen molar-refractivity contribution >= 4 is 21.8 Å². The molecule has 0 N–H and O–H groups in total. The van der Waals surface area contributed by atoms with Crippen LogP contribution < -0.4 is 22.5 Å². The Balaban J connectivity index is 1.46. The fourth-order valence-corrected chi connectivity index (χ4v) is 5.36. The van der Waals surface area contributed by atoms with E-state index in [0.29, 0.717) is 60.8 Å². The third-order valence-corrected chi connectivity index (χ3v) is 7.29. The van der Waals surface area contributed by atoms with E-state index in [-0.39, 0.29) is 22.5 Å². The van der Waals surface area contributed by atoms with Crippen molar-refractivity contribution in [3.05, 3.63) is 90.2 Å². The van der Waals surface area contributed by atoms with Gasteiger partial charge >= 0.3 is 11.4 Å². The topological polar surface area (TPSA) is 88.0 Å². The Morgan fingerprint density at radius 2 is 0.750 bits per heavy atom. The molecule has 188 valence electrons. The molecule has 0 saturated carbocycles. The molecule has 0 spiro atoms. The molecule has 0 unspecified atom stereocenters. The molecule has 2 aromatic heterocycles. The Bertz CT molecular complexity index is 1520. The molecule has 1 aliphatic rings. The number of nitrogens with zero attached hydrogens (tertiary/aromatic N) is 4. The Hall–Kier alpha value is -3.68. The van der Waals surface area contributed by atoms with E-state index in [0.717, 1.165) is 38.5 Å². The lowest BCUT2D eigenvalue weighted by Gasteiger charge is -2.16. The van der Waals surface area contributed by atoms with Crippen LogP contribution in [-0.2, 0) is 26.2 Å². The van der Waals surface area contributed by atoms with Crippen LogP contribution in [0.1, 0.15) is 51.4 Å². The van der Waals surface area contributed by atoms with Gasteiger partial charge in [-0.05, 0) is 49.9 Å². The standard InChI is InChI=1S/C28H32N4O4/c33-25-21-13-5-7-15-23(21)29-17-9-1-2-10-18-30-24-16-8-6-14-22(24)26(34)32(28(30)36)20-12-4-3-11-19-31(25)27(29)35/h5-8,13-16H,1-4,9-12,17-20H2. The van der Waals surface area contributed by atoms with Gasteiger partial charge in [0.05, 0.1) is 21.8 Å². The second-order valence-electron chi connectivity index (χ2n) is 9.64. The summed E-state index contributed by atoms with van der Waals surface area (Å²) in [6.07, 6.45) is 6.37. The average molecular weight is 489 g/mol. The van der Waals surface area contributed by atoms with Gasteiger partial charge in [0.1, 0.15) is 0 Å². The first-order chi connectivity index (χ1) is 17.6. The second-order valence-corrected chi connectivity index (χ2v) is 9.64. The number of aromatic nitrogens is 4. The quantitative estimate of drug-likeness (QED) is 0.379. The first-order valence-corrected chi connectivity index (χ1v) is 13.0. The van der Waals surface area contributed by atoms with Gasteiger partial charge in [-0.1, -0.05) is 49.9 Å². The highest BCUT2D eigenvalue weighted by Gasteiger charge is 2.14. The van der Waals surface area contributed by atoms with Crippen molar-refractivity contribution in [3.8, 4) is 0 Å². The predicted octanol–water partition coefficient (Wildman–Crippen LogP) is 3.47. The minimum Gasteiger partial charge on any atom is -0.293 e. The van der Waals surface area contributed by atoms with Gasteiger partial charge in [0.25, 0.3) is 11.1 Å². The molecule has 0 aliphatic carbocycles. The predicted molar refractivity (Wildman–Crippen MR) is 142 cm³/mol. The number of fused-ring (bicyclic) bond motifs is 8. The Morgan fingerprint density at radius 3 is 1.14 bits per heavy atom. The van der Waals surface area contributed by atoms with E-state index in [9.17, 15) is 19.2 Å². The SMILES string of the molecule is O=c1c2ccccc2n2c(=O)n1CCCCCCn1c(=O)c3ccccc3n(c1=O)CCCCCC2. The molecule has 8 nitrogen and oxygen atoms in total. The molecule has 4 aromatic rings. The summed E-state index contributed by atoms with van der Waals surface area (Å²) in [7, 11) is 0. The van der Waals surface area contributed by atoms with Crippen molar-refractivity contribution < 1.29 is 0 Å². The van der Waals surface area contributed by atoms with Crippen molar-refractivity contribution in [2.75, 3.05) is 0 Å². The van der Waals surface area contributed by atoms with Gasteiger partial charge in [-0.15, -0.1) is 0 Å². The van der Waals surface area contributed by atoms with Gasteiger partial charge in [0.2, 0.25) is 0 Å². The summed E-state index contributed by atoms with van der Waals surface area (Å²) in [6, 6.07) is 14.7. The third-order valence-electron chi connectivity index (χ3n) is 7.29. The summed E-state index contributed by atoms with van der Waals surface area (Å²) in [6.45, 7) is 1.83. The van der Waals surface area contributed by atoms with Crippen LogP contribution in [-0.4, -0.2) is 18.3 Å². The maximum absolute atomic E-state index is 13.3. The van der Waals surface area contributed by atoms with Crippen molar-refractivity contribution in [1.82, 2.24) is 18.3 Å². The molecule has 0 amide bonds. The fourth-order valence-electron chi connectivity index (χ4n) is 5.36. The zero-order valence-corrected chi connectivity index (χ0v) is 20.5. The van der Waals surface area contributed by atoms with Gasteiger partial charge in [-0.2, -0.15) is 0 Å². The van der Waals surface area contributed by atoms with Gasteiger partial charge in [0, 0.05) is 26.2 Å². The molecule has 3 heterocycles. The molecule has 4 bridgehead atoms. The number of hydrogen-bond acceptors (Lipinski definition) is 4. The molecule has 8 heteroatoms. The highest BCUT2D eigenvalue weighted by atomic mass is 16.2. The Labute approximate surface area is 208 Å². The summed E-state index contributed by atoms with van der Waals surface area (Å²) in [5, 5.41) is 1.16. The van der Waals surface area contributed by atoms with Crippen LogP contribution in [0, 0.1) is 0 Å². The van der Waals surface area contributed by atoms with Crippen LogP contribution in [0.15, 0.2) is 67.7 Å². The zero-order valence-electron chi connectivity index (χ0n) is 20.5. The molecular formula is C28H32N4O4. The van der Waals surface area contributed by atoms with E-state index in [4.69, 9.17) is 0 Å². The molecule has 0 atom stereocenters. The van der Waals surface area contributed by atoms with Crippen LogP contribution in [0.4, 0.5) is 0 Å². The van der Waals surface area contributed by atoms with Gasteiger partial charge in [-0.25, -0.2) is 9.59 Å². The molecule has 36 heavy (non-hydrogen) atoms. The van der Waals surface area contributed by atoms with E-state index in [1.54, 1.807) is 21.3 Å². The number of para-hydroxylation sites is 2. The van der Waals surface area contributed by atoms with E-state index < -0.39 is 0 Å². The van der Waals surface area contributed by atoms with Crippen LogP contribution in [0.3, 0.4) is 0 Å². The van der Waals surface area contributed by atoms with Gasteiger partial charge in [-0.3, -0.25) is 27.9 Å². The van der Waals surface area contributed by atoms with Gasteiger partial charge in [0.15, 0.2) is 0 Å². The number of rotatable bonds is 0. The minimum absolute atomic E-state index is 0.232. The molecule has 5 rings (SSSR count). The maximum atomic E-state index is 13.3. The molecule has 0 fully saturated rings. The molecular weight excluding hydrogens is 456 g/mol. The second kappa shape index (κ2) is 10.5. The van der Waals surface area contributed by atoms with Crippen molar-refractivity contribution in [3.63, 3.8) is 0 Å². The van der Waals surface area contributed by atoms with Crippen molar-refractivity contribution in [2.24, 2.45) is 0 Å².